The zero-order valence-corrected chi connectivity index (χ0v) is 22.0. The first kappa shape index (κ1) is 26.3. The molecule has 1 fully saturated rings. The molecule has 1 aromatic carbocycles. The van der Waals surface area contributed by atoms with Gasteiger partial charge in [0.05, 0.1) is 16.0 Å². The molecule has 1 atom stereocenters. The van der Waals surface area contributed by atoms with Gasteiger partial charge >= 0.3 is 6.09 Å². The third-order valence-electron chi connectivity index (χ3n) is 6.06. The van der Waals surface area contributed by atoms with Crippen molar-refractivity contribution in [3.63, 3.8) is 0 Å². The van der Waals surface area contributed by atoms with Crippen molar-refractivity contribution in [2.75, 3.05) is 19.3 Å². The summed E-state index contributed by atoms with van der Waals surface area (Å²) < 4.78 is 46.0. The van der Waals surface area contributed by atoms with Crippen LogP contribution in [0.3, 0.4) is 0 Å². The summed E-state index contributed by atoms with van der Waals surface area (Å²) in [5.74, 6) is -0.599. The number of piperidine rings is 1. The molecule has 0 radical (unpaired) electrons. The number of rotatable bonds is 4. The molecule has 0 saturated carbocycles. The fourth-order valence-corrected chi connectivity index (χ4v) is 5.30. The van der Waals surface area contributed by atoms with Gasteiger partial charge in [-0.25, -0.2) is 27.6 Å². The normalized spacial score (nSPS) is 16.4. The van der Waals surface area contributed by atoms with Crippen molar-refractivity contribution in [3.05, 3.63) is 52.8 Å². The third kappa shape index (κ3) is 5.33. The van der Waals surface area contributed by atoms with E-state index in [1.165, 1.54) is 30.7 Å². The van der Waals surface area contributed by atoms with E-state index in [9.17, 15) is 18.3 Å². The Hall–Kier alpha value is -2.76. The molecule has 36 heavy (non-hydrogen) atoms. The summed E-state index contributed by atoms with van der Waals surface area (Å²) in [7, 11) is -3.49. The molecule has 1 aliphatic rings. The molecular weight excluding hydrogens is 511 g/mol. The predicted molar refractivity (Wildman–Crippen MR) is 132 cm³/mol. The Bertz CT molecular complexity index is 1410. The number of hydrogen-bond acceptors (Lipinski definition) is 7. The first-order valence-corrected chi connectivity index (χ1v) is 13.7. The van der Waals surface area contributed by atoms with Crippen LogP contribution in [0.1, 0.15) is 57.0 Å². The summed E-state index contributed by atoms with van der Waals surface area (Å²) in [5, 5.41) is 11.1. The summed E-state index contributed by atoms with van der Waals surface area (Å²) in [4.78, 5) is 22.4. The molecule has 3 heterocycles. The van der Waals surface area contributed by atoms with E-state index in [2.05, 4.69) is 9.97 Å². The maximum absolute atomic E-state index is 15.2. The van der Waals surface area contributed by atoms with E-state index in [0.717, 1.165) is 6.26 Å². The van der Waals surface area contributed by atoms with Gasteiger partial charge in [0.2, 0.25) is 0 Å². The van der Waals surface area contributed by atoms with Crippen LogP contribution >= 0.6 is 11.6 Å². The lowest BCUT2D eigenvalue weighted by Crippen LogP contribution is -2.42. The van der Waals surface area contributed by atoms with E-state index in [-0.39, 0.29) is 38.7 Å². The summed E-state index contributed by atoms with van der Waals surface area (Å²) >= 11 is 6.27. The highest BCUT2D eigenvalue weighted by Crippen LogP contribution is 2.35. The van der Waals surface area contributed by atoms with Gasteiger partial charge in [-0.15, -0.1) is 0 Å². The number of likely N-dealkylation sites (tertiary alicyclic amines) is 1. The van der Waals surface area contributed by atoms with Crippen LogP contribution in [0.5, 0.6) is 0 Å². The molecule has 0 spiro atoms. The number of aliphatic hydroxyl groups excluding tert-OH is 1. The van der Waals surface area contributed by atoms with E-state index in [0.29, 0.717) is 31.6 Å². The fourth-order valence-electron chi connectivity index (χ4n) is 4.31. The maximum Gasteiger partial charge on any atom is 0.410 e. The number of amides is 1. The zero-order valence-electron chi connectivity index (χ0n) is 20.4. The maximum atomic E-state index is 15.2. The largest absolute Gasteiger partial charge is 0.444 e. The number of fused-ring (bicyclic) bond motifs is 1. The smallest absolute Gasteiger partial charge is 0.410 e. The number of sulfone groups is 1. The van der Waals surface area contributed by atoms with Gasteiger partial charge in [-0.3, -0.25) is 0 Å². The van der Waals surface area contributed by atoms with Crippen LogP contribution in [0.15, 0.2) is 35.6 Å². The molecule has 4 rings (SSSR count). The van der Waals surface area contributed by atoms with Gasteiger partial charge in [-0.2, -0.15) is 0 Å². The molecule has 3 aromatic rings. The topological polar surface area (TPSA) is 115 Å². The van der Waals surface area contributed by atoms with Gasteiger partial charge in [0.25, 0.3) is 0 Å². The predicted octanol–water partition coefficient (Wildman–Crippen LogP) is 4.28. The quantitative estimate of drug-likeness (QED) is 0.527. The fraction of sp³-hybridized carbons (Fsp3) is 0.458. The van der Waals surface area contributed by atoms with Crippen LogP contribution < -0.4 is 0 Å². The van der Waals surface area contributed by atoms with Gasteiger partial charge in [-0.05, 0) is 45.7 Å². The Morgan fingerprint density at radius 2 is 1.92 bits per heavy atom. The van der Waals surface area contributed by atoms with Crippen LogP contribution in [-0.4, -0.2) is 64.0 Å². The van der Waals surface area contributed by atoms with Gasteiger partial charge < -0.3 is 19.3 Å². The highest BCUT2D eigenvalue weighted by Gasteiger charge is 2.30. The summed E-state index contributed by atoms with van der Waals surface area (Å²) in [6.45, 7) is 6.33. The summed E-state index contributed by atoms with van der Waals surface area (Å²) in [5.41, 5.74) is -0.0509. The second kappa shape index (κ2) is 9.60. The lowest BCUT2D eigenvalue weighted by atomic mass is 10.0. The number of ether oxygens (including phenoxy) is 1. The number of halogens is 2. The van der Waals surface area contributed by atoms with Crippen LogP contribution in [0.2, 0.25) is 5.02 Å². The minimum atomic E-state index is -3.49. The second-order valence-corrected chi connectivity index (χ2v) is 12.3. The van der Waals surface area contributed by atoms with E-state index in [1.807, 2.05) is 20.8 Å². The van der Waals surface area contributed by atoms with Crippen LogP contribution in [0.4, 0.5) is 9.18 Å². The molecule has 2 aromatic heterocycles. The number of aromatic nitrogens is 3. The highest BCUT2D eigenvalue weighted by atomic mass is 35.5. The third-order valence-corrected chi connectivity index (χ3v) is 7.49. The van der Waals surface area contributed by atoms with Crippen molar-refractivity contribution in [1.29, 1.82) is 0 Å². The Kier molecular flexibility index (Phi) is 7.02. The minimum absolute atomic E-state index is 0.00587. The molecule has 12 heteroatoms. The average molecular weight is 539 g/mol. The van der Waals surface area contributed by atoms with Gasteiger partial charge in [0.15, 0.2) is 15.7 Å². The molecule has 1 N–H and O–H groups in total. The molecule has 1 unspecified atom stereocenters. The summed E-state index contributed by atoms with van der Waals surface area (Å²) in [6, 6.07) is 3.85. The molecule has 194 valence electrons. The molecule has 1 amide bonds. The van der Waals surface area contributed by atoms with Crippen LogP contribution in [-0.2, 0) is 14.6 Å². The van der Waals surface area contributed by atoms with Crippen molar-refractivity contribution >= 4 is 38.6 Å². The molecule has 1 saturated heterocycles. The van der Waals surface area contributed by atoms with Gasteiger partial charge in [0.1, 0.15) is 23.7 Å². The first-order valence-electron chi connectivity index (χ1n) is 11.4. The lowest BCUT2D eigenvalue weighted by Gasteiger charge is -2.34. The number of aliphatic hydroxyl groups is 1. The SMILES string of the molecule is CC(C)(C)OC(=O)N1CCC(n2cc(F)c3c(C(O)c4ccc(S(C)(=O)=O)cc4Cl)ncnc32)CC1. The molecular formula is C24H28ClFN4O5S. The minimum Gasteiger partial charge on any atom is -0.444 e. The Labute approximate surface area is 213 Å². The van der Waals surface area contributed by atoms with Crippen molar-refractivity contribution in [3.8, 4) is 0 Å². The average Bonchev–Trinajstić information content (AvgIpc) is 3.13. The first-order chi connectivity index (χ1) is 16.8. The molecule has 0 bridgehead atoms. The van der Waals surface area contributed by atoms with Crippen LogP contribution in [0, 0.1) is 5.82 Å². The van der Waals surface area contributed by atoms with Crippen molar-refractivity contribution in [1.82, 2.24) is 19.4 Å². The van der Waals surface area contributed by atoms with E-state index in [1.54, 1.807) is 9.47 Å². The number of hydrogen-bond donors (Lipinski definition) is 1. The van der Waals surface area contributed by atoms with Crippen LogP contribution in [0.25, 0.3) is 11.0 Å². The number of carbonyl (C=O) groups excluding carboxylic acids is 1. The van der Waals surface area contributed by atoms with Crippen molar-refractivity contribution in [2.24, 2.45) is 0 Å². The number of nitrogens with zero attached hydrogens (tertiary/aromatic N) is 4. The monoisotopic (exact) mass is 538 g/mol. The lowest BCUT2D eigenvalue weighted by molar-refractivity contribution is 0.0189. The van der Waals surface area contributed by atoms with Crippen molar-refractivity contribution < 1.29 is 27.4 Å². The zero-order chi connectivity index (χ0) is 26.4. The van der Waals surface area contributed by atoms with E-state index >= 15 is 4.39 Å². The number of benzene rings is 1. The standard InChI is InChI=1S/C24H28ClFN4O5S/c1-24(2,3)35-23(32)29-9-7-14(8-10-29)30-12-18(26)19-20(27-13-28-22(19)30)21(31)16-6-5-15(11-17(16)25)36(4,33)34/h5-6,11-14,21,31H,7-10H2,1-4H3. The van der Waals surface area contributed by atoms with Gasteiger partial charge in [0, 0.05) is 42.2 Å². The second-order valence-electron chi connectivity index (χ2n) is 9.90. The molecule has 1 aliphatic heterocycles. The molecule has 9 nitrogen and oxygen atoms in total. The van der Waals surface area contributed by atoms with E-state index < -0.39 is 27.4 Å². The Balaban J connectivity index is 1.61. The Morgan fingerprint density at radius 1 is 1.25 bits per heavy atom. The van der Waals surface area contributed by atoms with E-state index in [4.69, 9.17) is 16.3 Å². The molecule has 0 aliphatic carbocycles. The number of carbonyl (C=O) groups is 1. The van der Waals surface area contributed by atoms with Crippen molar-refractivity contribution in [2.45, 2.75) is 56.3 Å². The van der Waals surface area contributed by atoms with Gasteiger partial charge in [-0.1, -0.05) is 17.7 Å². The highest BCUT2D eigenvalue weighted by molar-refractivity contribution is 7.90. The Morgan fingerprint density at radius 3 is 2.50 bits per heavy atom. The summed E-state index contributed by atoms with van der Waals surface area (Å²) in [6.07, 6.45) is 2.99.